The van der Waals surface area contributed by atoms with Gasteiger partial charge in [-0.2, -0.15) is 0 Å². The van der Waals surface area contributed by atoms with Crippen LogP contribution in [-0.4, -0.2) is 35.4 Å². The van der Waals surface area contributed by atoms with E-state index >= 15 is 0 Å². The Hall–Kier alpha value is -2.14. The molecule has 0 bridgehead atoms. The van der Waals surface area contributed by atoms with E-state index in [1.165, 1.54) is 0 Å². The van der Waals surface area contributed by atoms with Crippen LogP contribution >= 0.6 is 0 Å². The molecule has 0 unspecified atom stereocenters. The van der Waals surface area contributed by atoms with Gasteiger partial charge in [0, 0.05) is 18.3 Å². The highest BCUT2D eigenvalue weighted by atomic mass is 16.6. The van der Waals surface area contributed by atoms with E-state index in [9.17, 15) is 14.7 Å². The van der Waals surface area contributed by atoms with E-state index in [0.29, 0.717) is 18.4 Å². The number of aliphatic hydroxyl groups excluding tert-OH is 1. The van der Waals surface area contributed by atoms with Crippen molar-refractivity contribution >= 4 is 11.9 Å². The van der Waals surface area contributed by atoms with Crippen molar-refractivity contribution in [3.8, 4) is 0 Å². The number of carbonyl (C=O) groups is 2. The molecule has 1 aromatic rings. The highest BCUT2D eigenvalue weighted by Gasteiger charge is 2.50. The molecule has 1 saturated carbocycles. The second kappa shape index (κ2) is 9.37. The van der Waals surface area contributed by atoms with Crippen LogP contribution in [0.1, 0.15) is 56.3 Å². The van der Waals surface area contributed by atoms with Crippen LogP contribution in [0.25, 0.3) is 0 Å². The number of benzene rings is 1. The molecule has 0 aromatic heterocycles. The second-order valence-corrected chi connectivity index (χ2v) is 8.01. The van der Waals surface area contributed by atoms with Crippen molar-refractivity contribution in [2.75, 3.05) is 0 Å². The normalized spacial score (nSPS) is 28.8. The third-order valence-electron chi connectivity index (χ3n) is 5.95. The lowest BCUT2D eigenvalue weighted by Crippen LogP contribution is -2.25. The first-order chi connectivity index (χ1) is 13.5. The topological polar surface area (TPSA) is 72.8 Å². The lowest BCUT2D eigenvalue weighted by atomic mass is 9.90. The van der Waals surface area contributed by atoms with E-state index in [1.54, 1.807) is 30.3 Å². The molecule has 0 amide bonds. The van der Waals surface area contributed by atoms with Crippen molar-refractivity contribution in [1.82, 2.24) is 0 Å². The Balaban J connectivity index is 1.69. The molecule has 2 fully saturated rings. The number of ether oxygens (including phenoxy) is 2. The third kappa shape index (κ3) is 4.82. The number of esters is 2. The Bertz CT molecular complexity index is 698. The van der Waals surface area contributed by atoms with Gasteiger partial charge in [-0.15, -0.1) is 0 Å². The molecule has 28 heavy (non-hydrogen) atoms. The quantitative estimate of drug-likeness (QED) is 0.542. The first-order valence-corrected chi connectivity index (χ1v) is 10.3. The number of hydrogen-bond donors (Lipinski definition) is 1. The second-order valence-electron chi connectivity index (χ2n) is 8.01. The molecule has 1 N–H and O–H groups in total. The van der Waals surface area contributed by atoms with Gasteiger partial charge in [0.05, 0.1) is 18.1 Å². The van der Waals surface area contributed by atoms with Gasteiger partial charge in [-0.25, -0.2) is 4.79 Å². The summed E-state index contributed by atoms with van der Waals surface area (Å²) < 4.78 is 11.2. The first-order valence-electron chi connectivity index (χ1n) is 10.3. The molecule has 0 radical (unpaired) electrons. The van der Waals surface area contributed by atoms with Crippen LogP contribution in [0.3, 0.4) is 0 Å². The maximum atomic E-state index is 12.5. The highest BCUT2D eigenvalue weighted by molar-refractivity contribution is 5.89. The third-order valence-corrected chi connectivity index (χ3v) is 5.95. The fourth-order valence-corrected chi connectivity index (χ4v) is 4.20. The average Bonchev–Trinajstić information content (AvgIpc) is 3.20. The summed E-state index contributed by atoms with van der Waals surface area (Å²) in [5, 5.41) is 10.5. The van der Waals surface area contributed by atoms with E-state index in [0.717, 1.165) is 19.3 Å². The van der Waals surface area contributed by atoms with E-state index in [4.69, 9.17) is 9.47 Å². The van der Waals surface area contributed by atoms with Crippen molar-refractivity contribution in [1.29, 1.82) is 0 Å². The van der Waals surface area contributed by atoms with Crippen molar-refractivity contribution in [2.24, 2.45) is 17.8 Å². The van der Waals surface area contributed by atoms with Gasteiger partial charge in [0.1, 0.15) is 12.2 Å². The molecule has 1 heterocycles. The van der Waals surface area contributed by atoms with Crippen LogP contribution < -0.4 is 0 Å². The Kier molecular flexibility index (Phi) is 6.89. The van der Waals surface area contributed by atoms with Gasteiger partial charge in [-0.05, 0) is 24.5 Å². The summed E-state index contributed by atoms with van der Waals surface area (Å²) in [6.45, 7) is 4.17. The zero-order valence-corrected chi connectivity index (χ0v) is 16.6. The number of unbranched alkanes of at least 4 members (excludes halogenated alkanes) is 1. The van der Waals surface area contributed by atoms with Gasteiger partial charge in [0.2, 0.25) is 0 Å². The Morgan fingerprint density at radius 2 is 2.11 bits per heavy atom. The molecule has 1 aromatic carbocycles. The first kappa shape index (κ1) is 20.6. The minimum Gasteiger partial charge on any atom is -0.462 e. The van der Waals surface area contributed by atoms with E-state index in [1.807, 2.05) is 19.1 Å². The molecule has 5 heteroatoms. The predicted octanol–water partition coefficient (Wildman–Crippen LogP) is 3.91. The van der Waals surface area contributed by atoms with Gasteiger partial charge in [0.25, 0.3) is 0 Å². The van der Waals surface area contributed by atoms with E-state index in [-0.39, 0.29) is 41.9 Å². The van der Waals surface area contributed by atoms with Crippen LogP contribution in [0.4, 0.5) is 0 Å². The zero-order chi connectivity index (χ0) is 20.1. The van der Waals surface area contributed by atoms with Gasteiger partial charge in [-0.1, -0.05) is 57.0 Å². The molecular weight excluding hydrogens is 356 g/mol. The summed E-state index contributed by atoms with van der Waals surface area (Å²) in [7, 11) is 0. The van der Waals surface area contributed by atoms with Crippen LogP contribution in [0.2, 0.25) is 0 Å². The number of aliphatic hydroxyl groups is 1. The van der Waals surface area contributed by atoms with Crippen molar-refractivity contribution in [3.05, 3.63) is 48.0 Å². The standard InChI is InChI=1S/C23H30O5/c1-3-4-8-15(2)19(24)12-11-17-18-13-22(25)27-21(18)14-20(17)28-23(26)16-9-6-5-7-10-16/h5-7,9-12,15,17-21,24H,3-4,8,13-14H2,1-2H3/t15-,17+,18+,19+,20+,21-/m0/s1. The lowest BCUT2D eigenvalue weighted by molar-refractivity contribution is -0.141. The summed E-state index contributed by atoms with van der Waals surface area (Å²) in [6, 6.07) is 8.90. The van der Waals surface area contributed by atoms with Crippen molar-refractivity contribution in [2.45, 2.75) is 64.3 Å². The fourth-order valence-electron chi connectivity index (χ4n) is 4.20. The van der Waals surface area contributed by atoms with Gasteiger partial charge in [-0.3, -0.25) is 4.79 Å². The number of rotatable bonds is 8. The Morgan fingerprint density at radius 3 is 2.82 bits per heavy atom. The maximum absolute atomic E-state index is 12.5. The summed E-state index contributed by atoms with van der Waals surface area (Å²) in [6.07, 6.45) is 6.61. The molecule has 152 valence electrons. The molecule has 1 aliphatic carbocycles. The van der Waals surface area contributed by atoms with Crippen LogP contribution in [-0.2, 0) is 14.3 Å². The van der Waals surface area contributed by atoms with Crippen LogP contribution in [0.15, 0.2) is 42.5 Å². The molecule has 3 rings (SSSR count). The predicted molar refractivity (Wildman–Crippen MR) is 106 cm³/mol. The minimum atomic E-state index is -0.547. The summed E-state index contributed by atoms with van der Waals surface area (Å²) in [5.74, 6) is -0.530. The monoisotopic (exact) mass is 386 g/mol. The number of fused-ring (bicyclic) bond motifs is 1. The molecule has 1 saturated heterocycles. The summed E-state index contributed by atoms with van der Waals surface area (Å²) in [4.78, 5) is 24.2. The zero-order valence-electron chi connectivity index (χ0n) is 16.6. The fraction of sp³-hybridized carbons (Fsp3) is 0.565. The minimum absolute atomic E-state index is 0.00419. The van der Waals surface area contributed by atoms with E-state index < -0.39 is 6.10 Å². The SMILES string of the molecule is CCCC[C@H](C)[C@H](O)C=C[C@@H]1[C@H]2CC(=O)O[C@H]2C[C@H]1OC(=O)c1ccccc1. The van der Waals surface area contributed by atoms with Crippen molar-refractivity contribution in [3.63, 3.8) is 0 Å². The van der Waals surface area contributed by atoms with Gasteiger partial charge >= 0.3 is 11.9 Å². The highest BCUT2D eigenvalue weighted by Crippen LogP contribution is 2.43. The Morgan fingerprint density at radius 1 is 1.36 bits per heavy atom. The molecule has 1 aliphatic heterocycles. The smallest absolute Gasteiger partial charge is 0.338 e. The van der Waals surface area contributed by atoms with E-state index in [2.05, 4.69) is 6.92 Å². The van der Waals surface area contributed by atoms with Gasteiger partial charge < -0.3 is 14.6 Å². The molecule has 6 atom stereocenters. The Labute approximate surface area is 166 Å². The average molecular weight is 386 g/mol. The molecular formula is C23H30O5. The lowest BCUT2D eigenvalue weighted by Gasteiger charge is -2.21. The molecule has 0 spiro atoms. The van der Waals surface area contributed by atoms with Crippen molar-refractivity contribution < 1.29 is 24.2 Å². The van der Waals surface area contributed by atoms with Crippen LogP contribution in [0, 0.1) is 17.8 Å². The molecule has 2 aliphatic rings. The number of hydrogen-bond acceptors (Lipinski definition) is 5. The summed E-state index contributed by atoms with van der Waals surface area (Å²) in [5.41, 5.74) is 0.507. The van der Waals surface area contributed by atoms with Gasteiger partial charge in [0.15, 0.2) is 0 Å². The molecule has 5 nitrogen and oxygen atoms in total. The largest absolute Gasteiger partial charge is 0.462 e. The van der Waals surface area contributed by atoms with Crippen LogP contribution in [0.5, 0.6) is 0 Å². The number of carbonyl (C=O) groups excluding carboxylic acids is 2. The maximum Gasteiger partial charge on any atom is 0.338 e. The summed E-state index contributed by atoms with van der Waals surface area (Å²) >= 11 is 0.